The van der Waals surface area contributed by atoms with Crippen molar-refractivity contribution in [1.29, 1.82) is 0 Å². The van der Waals surface area contributed by atoms with Crippen LogP contribution in [-0.4, -0.2) is 19.4 Å². The van der Waals surface area contributed by atoms with Gasteiger partial charge in [0.25, 0.3) is 15.9 Å². The van der Waals surface area contributed by atoms with Gasteiger partial charge in [-0.15, -0.1) is 10.0 Å². The lowest BCUT2D eigenvalue weighted by atomic mass is 10.2. The molecule has 9 nitrogen and oxygen atoms in total. The lowest BCUT2D eigenvalue weighted by Gasteiger charge is -2.19. The topological polar surface area (TPSA) is 139 Å². The summed E-state index contributed by atoms with van der Waals surface area (Å²) in [6.45, 7) is 0. The normalized spacial score (nSPS) is 11.3. The van der Waals surface area contributed by atoms with Crippen molar-refractivity contribution in [2.75, 3.05) is 4.41 Å². The van der Waals surface area contributed by atoms with E-state index < -0.39 is 15.9 Å². The number of anilines is 1. The molecule has 136 valence electrons. The molecule has 26 heavy (non-hydrogen) atoms. The zero-order valence-electron chi connectivity index (χ0n) is 13.2. The number of nitrogens with two attached hydrogens (primary N) is 2. The highest BCUT2D eigenvalue weighted by Crippen LogP contribution is 2.22. The van der Waals surface area contributed by atoms with Crippen LogP contribution in [0.1, 0.15) is 5.56 Å². The minimum absolute atomic E-state index is 0.0108. The number of nitrogens with zero attached hydrogens (tertiary/aromatic N) is 3. The number of carbonyl (C=O) groups is 1. The SMILES string of the molecule is NN(N=O)C(=O)/C=C/c1ccc(N(N)S(=O)(=O)c2ccc(Cl)cc2)cc1. The molecule has 1 amide bonds. The molecule has 0 saturated heterocycles. The van der Waals surface area contributed by atoms with Crippen molar-refractivity contribution in [3.05, 3.63) is 70.1 Å². The molecular weight excluding hydrogens is 382 g/mol. The van der Waals surface area contributed by atoms with E-state index in [0.717, 1.165) is 6.08 Å². The van der Waals surface area contributed by atoms with Crippen molar-refractivity contribution < 1.29 is 13.2 Å². The van der Waals surface area contributed by atoms with Crippen LogP contribution in [0.4, 0.5) is 5.69 Å². The highest BCUT2D eigenvalue weighted by atomic mass is 35.5. The molecule has 11 heteroatoms. The average molecular weight is 396 g/mol. The number of hydrogen-bond donors (Lipinski definition) is 2. The van der Waals surface area contributed by atoms with E-state index in [1.54, 1.807) is 0 Å². The molecular formula is C15H14ClN5O4S. The zero-order valence-corrected chi connectivity index (χ0v) is 14.8. The molecule has 0 atom stereocenters. The van der Waals surface area contributed by atoms with E-state index in [2.05, 4.69) is 5.29 Å². The molecule has 0 radical (unpaired) electrons. The molecule has 2 rings (SSSR count). The van der Waals surface area contributed by atoms with E-state index in [4.69, 9.17) is 23.3 Å². The number of hydrazine groups is 2. The molecule has 0 aromatic heterocycles. The lowest BCUT2D eigenvalue weighted by molar-refractivity contribution is -0.126. The van der Waals surface area contributed by atoms with E-state index in [-0.39, 0.29) is 15.7 Å². The van der Waals surface area contributed by atoms with Crippen molar-refractivity contribution in [2.45, 2.75) is 4.90 Å². The van der Waals surface area contributed by atoms with Crippen LogP contribution in [0.3, 0.4) is 0 Å². The van der Waals surface area contributed by atoms with Crippen molar-refractivity contribution in [3.63, 3.8) is 0 Å². The van der Waals surface area contributed by atoms with Gasteiger partial charge in [-0.2, -0.15) is 8.42 Å². The van der Waals surface area contributed by atoms with Gasteiger partial charge in [0.05, 0.1) is 15.9 Å². The van der Waals surface area contributed by atoms with Crippen LogP contribution in [0.2, 0.25) is 5.02 Å². The minimum Gasteiger partial charge on any atom is -0.266 e. The fraction of sp³-hybridized carbons (Fsp3) is 0. The molecule has 0 unspecified atom stereocenters. The van der Waals surface area contributed by atoms with E-state index in [1.807, 2.05) is 0 Å². The Balaban J connectivity index is 2.19. The third-order valence-corrected chi connectivity index (χ3v) is 5.10. The first kappa shape index (κ1) is 19.5. The molecule has 2 aromatic rings. The summed E-state index contributed by atoms with van der Waals surface area (Å²) in [6, 6.07) is 11.6. The number of hydrogen-bond acceptors (Lipinski definition) is 7. The van der Waals surface area contributed by atoms with Gasteiger partial charge in [-0.05, 0) is 48.0 Å². The van der Waals surface area contributed by atoms with Gasteiger partial charge in [0.15, 0.2) is 0 Å². The number of benzene rings is 2. The van der Waals surface area contributed by atoms with Gasteiger partial charge < -0.3 is 0 Å². The molecule has 0 spiro atoms. The first-order valence-electron chi connectivity index (χ1n) is 7.01. The fourth-order valence-electron chi connectivity index (χ4n) is 1.88. The molecule has 4 N–H and O–H groups in total. The number of halogens is 1. The maximum atomic E-state index is 12.5. The van der Waals surface area contributed by atoms with Crippen LogP contribution in [0.5, 0.6) is 0 Å². The van der Waals surface area contributed by atoms with Gasteiger partial charge in [0.2, 0.25) is 0 Å². The van der Waals surface area contributed by atoms with Crippen molar-refractivity contribution in [3.8, 4) is 0 Å². The van der Waals surface area contributed by atoms with E-state index in [0.29, 0.717) is 15.0 Å². The standard InChI is InChI=1S/C15H14ClN5O4S/c16-12-4-8-14(9-5-12)26(24,25)21(18)13-6-1-11(2-7-13)3-10-15(22)20(17)19-23/h1-10H,17-18H2/b10-3+. The van der Waals surface area contributed by atoms with E-state index in [1.165, 1.54) is 54.6 Å². The van der Waals surface area contributed by atoms with Crippen LogP contribution >= 0.6 is 11.6 Å². The highest BCUT2D eigenvalue weighted by molar-refractivity contribution is 7.92. The second kappa shape index (κ2) is 8.06. The number of nitroso groups, excluding NO2 is 1. The van der Waals surface area contributed by atoms with Crippen LogP contribution in [0.25, 0.3) is 6.08 Å². The second-order valence-corrected chi connectivity index (χ2v) is 7.20. The van der Waals surface area contributed by atoms with Crippen LogP contribution in [0, 0.1) is 4.91 Å². The Morgan fingerprint density at radius 2 is 1.62 bits per heavy atom. The maximum absolute atomic E-state index is 12.5. The van der Waals surface area contributed by atoms with Gasteiger partial charge in [-0.3, -0.25) is 4.79 Å². The summed E-state index contributed by atoms with van der Waals surface area (Å²) in [6.07, 6.45) is 2.42. The van der Waals surface area contributed by atoms with Crippen LogP contribution in [-0.2, 0) is 14.8 Å². The summed E-state index contributed by atoms with van der Waals surface area (Å²) in [7, 11) is -3.95. The average Bonchev–Trinajstić information content (AvgIpc) is 2.65. The van der Waals surface area contributed by atoms with Crippen molar-refractivity contribution >= 4 is 39.3 Å². The number of sulfonamides is 1. The number of carbonyl (C=O) groups excluding carboxylic acids is 1. The van der Waals surface area contributed by atoms with Crippen LogP contribution in [0.15, 0.2) is 64.8 Å². The Bertz CT molecular complexity index is 930. The fourth-order valence-corrected chi connectivity index (χ4v) is 3.11. The molecule has 0 bridgehead atoms. The zero-order chi connectivity index (χ0) is 19.3. The molecule has 2 aromatic carbocycles. The Labute approximate surface area is 154 Å². The Morgan fingerprint density at radius 1 is 1.04 bits per heavy atom. The maximum Gasteiger partial charge on any atom is 0.284 e. The Hall–Kier alpha value is -2.79. The predicted molar refractivity (Wildman–Crippen MR) is 97.6 cm³/mol. The highest BCUT2D eigenvalue weighted by Gasteiger charge is 2.21. The second-order valence-electron chi connectivity index (χ2n) is 4.94. The molecule has 0 aliphatic carbocycles. The lowest BCUT2D eigenvalue weighted by Crippen LogP contribution is -2.37. The molecule has 0 fully saturated rings. The Kier molecular flexibility index (Phi) is 6.05. The van der Waals surface area contributed by atoms with Crippen LogP contribution < -0.4 is 16.1 Å². The first-order chi connectivity index (χ1) is 12.3. The summed E-state index contributed by atoms with van der Waals surface area (Å²) in [5.41, 5.74) is 0.761. The quantitative estimate of drug-likeness (QED) is 0.251. The summed E-state index contributed by atoms with van der Waals surface area (Å²) in [5, 5.41) is 2.81. The third-order valence-electron chi connectivity index (χ3n) is 3.25. The summed E-state index contributed by atoms with van der Waals surface area (Å²) < 4.78 is 25.6. The monoisotopic (exact) mass is 395 g/mol. The largest absolute Gasteiger partial charge is 0.284 e. The summed E-state index contributed by atoms with van der Waals surface area (Å²) in [5.74, 6) is 9.94. The number of amides is 1. The molecule has 0 saturated carbocycles. The molecule has 0 aliphatic heterocycles. The molecule has 0 heterocycles. The smallest absolute Gasteiger partial charge is 0.266 e. The van der Waals surface area contributed by atoms with Gasteiger partial charge >= 0.3 is 0 Å². The summed E-state index contributed by atoms with van der Waals surface area (Å²) in [4.78, 5) is 21.4. The predicted octanol–water partition coefficient (Wildman–Crippen LogP) is 1.81. The van der Waals surface area contributed by atoms with E-state index >= 15 is 0 Å². The minimum atomic E-state index is -3.95. The Morgan fingerprint density at radius 3 is 2.15 bits per heavy atom. The van der Waals surface area contributed by atoms with Crippen molar-refractivity contribution in [2.24, 2.45) is 17.0 Å². The summed E-state index contributed by atoms with van der Waals surface area (Å²) >= 11 is 5.75. The van der Waals surface area contributed by atoms with E-state index in [9.17, 15) is 18.1 Å². The molecule has 0 aliphatic rings. The van der Waals surface area contributed by atoms with Crippen molar-refractivity contribution in [1.82, 2.24) is 5.12 Å². The van der Waals surface area contributed by atoms with Gasteiger partial charge in [0.1, 0.15) is 0 Å². The van der Waals surface area contributed by atoms with Gasteiger partial charge in [-0.1, -0.05) is 23.7 Å². The van der Waals surface area contributed by atoms with Gasteiger partial charge in [0, 0.05) is 11.1 Å². The third kappa shape index (κ3) is 4.43. The first-order valence-corrected chi connectivity index (χ1v) is 8.83. The van der Waals surface area contributed by atoms with Gasteiger partial charge in [-0.25, -0.2) is 16.1 Å². The number of rotatable bonds is 6.